The number of rotatable bonds is 7. The second-order valence-corrected chi connectivity index (χ2v) is 10.1. The van der Waals surface area contributed by atoms with E-state index in [4.69, 9.17) is 21.1 Å². The number of nitrogens with zero attached hydrogens (tertiary/aromatic N) is 4. The Morgan fingerprint density at radius 2 is 1.93 bits per heavy atom. The summed E-state index contributed by atoms with van der Waals surface area (Å²) in [4.78, 5) is 15.4. The molecule has 5 rings (SSSR count). The molecule has 7 atom stereocenters. The van der Waals surface area contributed by atoms with Crippen molar-refractivity contribution >= 4 is 23.2 Å². The molecule has 0 spiro atoms. The van der Waals surface area contributed by atoms with Crippen molar-refractivity contribution in [3.8, 4) is 11.3 Å². The number of anilines is 1. The third-order valence-corrected chi connectivity index (χ3v) is 7.57. The Bertz CT molecular complexity index is 1370. The van der Waals surface area contributed by atoms with Crippen molar-refractivity contribution in [2.75, 3.05) is 18.6 Å². The molecule has 3 N–H and O–H groups in total. The molecular weight excluding hydrogens is 557 g/mol. The molecule has 0 radical (unpaired) electrons. The summed E-state index contributed by atoms with van der Waals surface area (Å²) in [6, 6.07) is 6.26. The average Bonchev–Trinajstić information content (AvgIpc) is 3.42. The zero-order valence-corrected chi connectivity index (χ0v) is 21.8. The van der Waals surface area contributed by atoms with Gasteiger partial charge >= 0.3 is 0 Å². The van der Waals surface area contributed by atoms with Crippen LogP contribution < -0.4 is 4.90 Å². The van der Waals surface area contributed by atoms with Crippen molar-refractivity contribution in [1.82, 2.24) is 15.0 Å². The van der Waals surface area contributed by atoms with Crippen LogP contribution in [0.5, 0.6) is 0 Å². The molecule has 14 heteroatoms. The van der Waals surface area contributed by atoms with Crippen LogP contribution in [0, 0.1) is 17.5 Å². The fourth-order valence-corrected chi connectivity index (χ4v) is 5.31. The molecule has 2 heterocycles. The first-order valence-electron chi connectivity index (χ1n) is 12.4. The van der Waals surface area contributed by atoms with Gasteiger partial charge in [-0.25, -0.2) is 17.9 Å². The molecule has 2 fully saturated rings. The number of benzene rings is 2. The largest absolute Gasteiger partial charge is 0.394 e. The molecule has 0 bridgehead atoms. The summed E-state index contributed by atoms with van der Waals surface area (Å²) in [6.07, 6.45) is -3.85. The molecule has 40 heavy (non-hydrogen) atoms. The van der Waals surface area contributed by atoms with Gasteiger partial charge in [0.05, 0.1) is 24.9 Å². The molecule has 2 aromatic carbocycles. The van der Waals surface area contributed by atoms with Crippen LogP contribution in [0.4, 0.5) is 18.9 Å². The lowest BCUT2D eigenvalue weighted by Crippen LogP contribution is -2.64. The van der Waals surface area contributed by atoms with Gasteiger partial charge in [0.15, 0.2) is 23.6 Å². The third kappa shape index (κ3) is 5.08. The number of ether oxygens (including phenoxy) is 2. The molecule has 3 aromatic rings. The Morgan fingerprint density at radius 1 is 1.20 bits per heavy atom. The molecule has 5 unspecified atom stereocenters. The topological polar surface area (TPSA) is 130 Å². The first-order chi connectivity index (χ1) is 19.1. The van der Waals surface area contributed by atoms with Gasteiger partial charge in [-0.1, -0.05) is 22.9 Å². The summed E-state index contributed by atoms with van der Waals surface area (Å²) in [5, 5.41) is 39.7. The third-order valence-electron chi connectivity index (χ3n) is 7.34. The zero-order valence-electron chi connectivity index (χ0n) is 21.1. The first kappa shape index (κ1) is 28.5. The van der Waals surface area contributed by atoms with Gasteiger partial charge in [0, 0.05) is 23.4 Å². The Hall–Kier alpha value is -3.07. The molecule has 1 aromatic heterocycles. The minimum absolute atomic E-state index is 0.0482. The van der Waals surface area contributed by atoms with Crippen LogP contribution >= 0.6 is 11.6 Å². The maximum atomic E-state index is 14.1. The summed E-state index contributed by atoms with van der Waals surface area (Å²) in [7, 11) is 1.29. The van der Waals surface area contributed by atoms with Crippen molar-refractivity contribution in [2.24, 2.45) is 0 Å². The van der Waals surface area contributed by atoms with Gasteiger partial charge in [0.1, 0.15) is 30.0 Å². The summed E-state index contributed by atoms with van der Waals surface area (Å²) < 4.78 is 53.7. The van der Waals surface area contributed by atoms with Crippen molar-refractivity contribution in [2.45, 2.75) is 55.4 Å². The van der Waals surface area contributed by atoms with Crippen LogP contribution in [0.15, 0.2) is 42.6 Å². The number of hydrogen-bond donors (Lipinski definition) is 3. The molecule has 1 saturated carbocycles. The van der Waals surface area contributed by atoms with Crippen LogP contribution in [0.2, 0.25) is 5.02 Å². The smallest absolute Gasteiger partial charge is 0.259 e. The lowest BCUT2D eigenvalue weighted by atomic mass is 9.85. The van der Waals surface area contributed by atoms with Gasteiger partial charge in [0.25, 0.3) is 5.91 Å². The molecule has 10 nitrogen and oxygen atoms in total. The lowest BCUT2D eigenvalue weighted by Gasteiger charge is -2.47. The Kier molecular flexibility index (Phi) is 8.13. The summed E-state index contributed by atoms with van der Waals surface area (Å²) >= 11 is 6.18. The van der Waals surface area contributed by atoms with Crippen LogP contribution in [0.25, 0.3) is 11.3 Å². The predicted octanol–water partition coefficient (Wildman–Crippen LogP) is 2.25. The van der Waals surface area contributed by atoms with Crippen LogP contribution in [0.3, 0.4) is 0 Å². The lowest BCUT2D eigenvalue weighted by molar-refractivity contribution is -0.211. The Labute approximate surface area is 231 Å². The second kappa shape index (κ2) is 11.4. The Morgan fingerprint density at radius 3 is 2.50 bits per heavy atom. The average molecular weight is 583 g/mol. The maximum absolute atomic E-state index is 14.1. The minimum atomic E-state index is -1.64. The van der Waals surface area contributed by atoms with Gasteiger partial charge in [-0.05, 0) is 43.2 Å². The fourth-order valence-electron chi connectivity index (χ4n) is 5.13. The van der Waals surface area contributed by atoms with E-state index < -0.39 is 72.6 Å². The minimum Gasteiger partial charge on any atom is -0.394 e. The van der Waals surface area contributed by atoms with Gasteiger partial charge in [-0.15, -0.1) is 5.10 Å². The molecule has 1 saturated heterocycles. The quantitative estimate of drug-likeness (QED) is 0.362. The Balaban J connectivity index is 1.52. The van der Waals surface area contributed by atoms with Crippen LogP contribution in [-0.4, -0.2) is 86.5 Å². The molecule has 2 aliphatic rings. The first-order valence-corrected chi connectivity index (χ1v) is 12.8. The van der Waals surface area contributed by atoms with Gasteiger partial charge in [-0.2, -0.15) is 0 Å². The van der Waals surface area contributed by atoms with E-state index in [0.717, 1.165) is 16.8 Å². The number of methoxy groups -OCH3 is 1. The summed E-state index contributed by atoms with van der Waals surface area (Å²) in [5.41, 5.74) is 0.245. The second-order valence-electron chi connectivity index (χ2n) is 9.70. The number of carbonyl (C=O) groups is 1. The number of hydrogen-bond acceptors (Lipinski definition) is 8. The predicted molar refractivity (Wildman–Crippen MR) is 135 cm³/mol. The monoisotopic (exact) mass is 582 g/mol. The van der Waals surface area contributed by atoms with E-state index in [1.54, 1.807) is 24.3 Å². The van der Waals surface area contributed by atoms with E-state index in [9.17, 15) is 33.3 Å². The van der Waals surface area contributed by atoms with Crippen molar-refractivity contribution in [3.05, 3.63) is 65.1 Å². The van der Waals surface area contributed by atoms with E-state index in [1.165, 1.54) is 18.2 Å². The number of aliphatic hydroxyl groups excluding tert-OH is 3. The number of amides is 1. The van der Waals surface area contributed by atoms with Gasteiger partial charge < -0.3 is 29.7 Å². The normalized spacial score (nSPS) is 28.2. The highest BCUT2D eigenvalue weighted by molar-refractivity contribution is 6.31. The molecule has 1 aliphatic heterocycles. The molecular formula is C26H26ClF3N4O6. The highest BCUT2D eigenvalue weighted by atomic mass is 35.5. The standard InChI is InChI=1S/C26H26ClF3N4O6/c1-39-24-22(33-10-17(31-32-33)12-7-15(28)21(30)16(29)8-12)23(37)20(11-35)40-25(24)26(38)34(18-5-6-19(18)36)14-4-2-3-13(27)9-14/h2-4,7-10,18-20,22-25,35-37H,5-6,11H2,1H3/t18-,19-,20?,22?,23?,24?,25?/m0/s1. The fraction of sp³-hybridized carbons (Fsp3) is 0.423. The van der Waals surface area contributed by atoms with Crippen molar-refractivity contribution in [1.29, 1.82) is 0 Å². The summed E-state index contributed by atoms with van der Waals surface area (Å²) in [6.45, 7) is -0.670. The number of aliphatic hydroxyl groups is 3. The van der Waals surface area contributed by atoms with E-state index in [-0.39, 0.29) is 11.3 Å². The van der Waals surface area contributed by atoms with E-state index in [1.807, 2.05) is 0 Å². The van der Waals surface area contributed by atoms with E-state index in [0.29, 0.717) is 23.6 Å². The molecule has 214 valence electrons. The summed E-state index contributed by atoms with van der Waals surface area (Å²) in [5.74, 6) is -5.09. The van der Waals surface area contributed by atoms with Crippen molar-refractivity contribution in [3.63, 3.8) is 0 Å². The SMILES string of the molecule is COC1C(C(=O)N(c2cccc(Cl)c2)[C@H]2CC[C@@H]2O)OC(CO)C(O)C1n1cc(-c2cc(F)c(F)c(F)c2)nn1. The molecule has 1 aliphatic carbocycles. The maximum Gasteiger partial charge on any atom is 0.259 e. The van der Waals surface area contributed by atoms with E-state index in [2.05, 4.69) is 10.3 Å². The van der Waals surface area contributed by atoms with E-state index >= 15 is 0 Å². The molecule has 1 amide bonds. The van der Waals surface area contributed by atoms with Crippen molar-refractivity contribution < 1.29 is 42.8 Å². The van der Waals surface area contributed by atoms with Gasteiger partial charge in [0.2, 0.25) is 0 Å². The number of carbonyl (C=O) groups excluding carboxylic acids is 1. The van der Waals surface area contributed by atoms with Gasteiger partial charge in [-0.3, -0.25) is 4.79 Å². The highest BCUT2D eigenvalue weighted by Gasteiger charge is 2.52. The number of aromatic nitrogens is 3. The van der Waals surface area contributed by atoms with Crippen LogP contribution in [-0.2, 0) is 14.3 Å². The highest BCUT2D eigenvalue weighted by Crippen LogP contribution is 2.37. The number of halogens is 4. The van der Waals surface area contributed by atoms with Crippen LogP contribution in [0.1, 0.15) is 18.9 Å². The zero-order chi connectivity index (χ0) is 28.7.